The van der Waals surface area contributed by atoms with Crippen LogP contribution >= 0.6 is 0 Å². The molecule has 2 atom stereocenters. The van der Waals surface area contributed by atoms with Gasteiger partial charge in [-0.3, -0.25) is 0 Å². The minimum atomic E-state index is 0.631. The van der Waals surface area contributed by atoms with E-state index in [0.717, 1.165) is 31.2 Å². The SMILES string of the molecule is CCC1CCCCC1N(CCCN)c1ccccc1OC. The lowest BCUT2D eigenvalue weighted by Gasteiger charge is -2.41. The lowest BCUT2D eigenvalue weighted by molar-refractivity contribution is 0.283. The summed E-state index contributed by atoms with van der Waals surface area (Å²) in [5.74, 6) is 1.77. The standard InChI is InChI=1S/C18H30N2O/c1-3-15-9-4-5-10-16(15)20(14-8-13-19)17-11-6-7-12-18(17)21-2/h6-7,11-12,15-16H,3-5,8-10,13-14,19H2,1-2H3. The third-order valence-corrected chi connectivity index (χ3v) is 4.79. The Bertz CT molecular complexity index is 421. The maximum atomic E-state index is 5.76. The van der Waals surface area contributed by atoms with Gasteiger partial charge in [-0.1, -0.05) is 38.3 Å². The molecule has 21 heavy (non-hydrogen) atoms. The van der Waals surface area contributed by atoms with Gasteiger partial charge in [0, 0.05) is 12.6 Å². The van der Waals surface area contributed by atoms with Crippen LogP contribution in [0.15, 0.2) is 24.3 Å². The summed E-state index contributed by atoms with van der Waals surface area (Å²) in [5.41, 5.74) is 7.00. The molecule has 0 spiro atoms. The van der Waals surface area contributed by atoms with Crippen LogP contribution in [0.3, 0.4) is 0 Å². The van der Waals surface area contributed by atoms with E-state index in [2.05, 4.69) is 30.0 Å². The number of hydrogen-bond donors (Lipinski definition) is 1. The van der Waals surface area contributed by atoms with Crippen molar-refractivity contribution in [3.8, 4) is 5.75 Å². The smallest absolute Gasteiger partial charge is 0.142 e. The van der Waals surface area contributed by atoms with Crippen molar-refractivity contribution in [1.82, 2.24) is 0 Å². The first-order valence-electron chi connectivity index (χ1n) is 8.41. The number of nitrogens with zero attached hydrogens (tertiary/aromatic N) is 1. The first kappa shape index (κ1) is 16.2. The van der Waals surface area contributed by atoms with Crippen molar-refractivity contribution < 1.29 is 4.74 Å². The van der Waals surface area contributed by atoms with E-state index < -0.39 is 0 Å². The second-order valence-electron chi connectivity index (χ2n) is 6.03. The lowest BCUT2D eigenvalue weighted by Crippen LogP contribution is -2.43. The summed E-state index contributed by atoms with van der Waals surface area (Å²) >= 11 is 0. The number of nitrogens with two attached hydrogens (primary N) is 1. The van der Waals surface area contributed by atoms with Crippen LogP contribution in [-0.4, -0.2) is 26.2 Å². The third-order valence-electron chi connectivity index (χ3n) is 4.79. The summed E-state index contributed by atoms with van der Waals surface area (Å²) in [7, 11) is 1.76. The summed E-state index contributed by atoms with van der Waals surface area (Å²) in [6.07, 6.45) is 7.67. The molecule has 1 aliphatic carbocycles. The van der Waals surface area contributed by atoms with Crippen molar-refractivity contribution in [2.45, 2.75) is 51.5 Å². The van der Waals surface area contributed by atoms with E-state index >= 15 is 0 Å². The highest BCUT2D eigenvalue weighted by Crippen LogP contribution is 2.37. The highest BCUT2D eigenvalue weighted by Gasteiger charge is 2.30. The van der Waals surface area contributed by atoms with Crippen molar-refractivity contribution in [2.75, 3.05) is 25.1 Å². The third kappa shape index (κ3) is 3.91. The summed E-state index contributed by atoms with van der Waals surface area (Å²) in [4.78, 5) is 2.57. The van der Waals surface area contributed by atoms with Gasteiger partial charge in [0.25, 0.3) is 0 Å². The van der Waals surface area contributed by atoms with E-state index in [-0.39, 0.29) is 0 Å². The number of ether oxygens (including phenoxy) is 1. The van der Waals surface area contributed by atoms with Gasteiger partial charge in [-0.2, -0.15) is 0 Å². The van der Waals surface area contributed by atoms with Crippen molar-refractivity contribution in [1.29, 1.82) is 0 Å². The normalized spacial score (nSPS) is 22.0. The summed E-state index contributed by atoms with van der Waals surface area (Å²) in [5, 5.41) is 0. The average Bonchev–Trinajstić information content (AvgIpc) is 2.56. The van der Waals surface area contributed by atoms with Crippen LogP contribution in [0.5, 0.6) is 5.75 Å². The molecule has 1 aromatic carbocycles. The Kier molecular flexibility index (Phi) is 6.37. The fraction of sp³-hybridized carbons (Fsp3) is 0.667. The Hall–Kier alpha value is -1.22. The summed E-state index contributed by atoms with van der Waals surface area (Å²) in [6.45, 7) is 4.10. The van der Waals surface area contributed by atoms with Gasteiger partial charge in [0.2, 0.25) is 0 Å². The number of anilines is 1. The van der Waals surface area contributed by atoms with Crippen LogP contribution in [0.2, 0.25) is 0 Å². The lowest BCUT2D eigenvalue weighted by atomic mass is 9.81. The van der Waals surface area contributed by atoms with Crippen LogP contribution in [-0.2, 0) is 0 Å². The Balaban J connectivity index is 2.28. The molecular formula is C18H30N2O. The molecule has 2 unspecified atom stereocenters. The van der Waals surface area contributed by atoms with Crippen LogP contribution in [0, 0.1) is 5.92 Å². The van der Waals surface area contributed by atoms with Crippen LogP contribution < -0.4 is 15.4 Å². The van der Waals surface area contributed by atoms with E-state index in [1.54, 1.807) is 7.11 Å². The van der Waals surface area contributed by atoms with Crippen molar-refractivity contribution >= 4 is 5.69 Å². The molecule has 0 radical (unpaired) electrons. The average molecular weight is 290 g/mol. The number of rotatable bonds is 7. The molecule has 1 aliphatic rings. The molecule has 118 valence electrons. The predicted octanol–water partition coefficient (Wildman–Crippen LogP) is 3.82. The minimum absolute atomic E-state index is 0.631. The molecule has 0 amide bonds. The Morgan fingerprint density at radius 3 is 2.71 bits per heavy atom. The molecule has 1 saturated carbocycles. The fourth-order valence-electron chi connectivity index (χ4n) is 3.67. The first-order valence-corrected chi connectivity index (χ1v) is 8.41. The molecular weight excluding hydrogens is 260 g/mol. The van der Waals surface area contributed by atoms with Gasteiger partial charge in [-0.05, 0) is 43.9 Å². The second-order valence-corrected chi connectivity index (χ2v) is 6.03. The monoisotopic (exact) mass is 290 g/mol. The molecule has 2 rings (SSSR count). The van der Waals surface area contributed by atoms with Crippen LogP contribution in [0.1, 0.15) is 45.4 Å². The number of benzene rings is 1. The first-order chi connectivity index (χ1) is 10.3. The van der Waals surface area contributed by atoms with Gasteiger partial charge < -0.3 is 15.4 Å². The molecule has 0 aliphatic heterocycles. The minimum Gasteiger partial charge on any atom is -0.495 e. The van der Waals surface area contributed by atoms with Gasteiger partial charge in [-0.25, -0.2) is 0 Å². The number of hydrogen-bond acceptors (Lipinski definition) is 3. The quantitative estimate of drug-likeness (QED) is 0.829. The van der Waals surface area contributed by atoms with Gasteiger partial charge in [0.05, 0.1) is 12.8 Å². The molecule has 1 fully saturated rings. The largest absolute Gasteiger partial charge is 0.495 e. The number of para-hydroxylation sites is 2. The van der Waals surface area contributed by atoms with Crippen molar-refractivity contribution in [2.24, 2.45) is 11.7 Å². The van der Waals surface area contributed by atoms with E-state index in [4.69, 9.17) is 10.5 Å². The molecule has 1 aromatic rings. The zero-order valence-electron chi connectivity index (χ0n) is 13.6. The zero-order valence-corrected chi connectivity index (χ0v) is 13.6. The van der Waals surface area contributed by atoms with Gasteiger partial charge in [-0.15, -0.1) is 0 Å². The second kappa shape index (κ2) is 8.28. The topological polar surface area (TPSA) is 38.5 Å². The van der Waals surface area contributed by atoms with E-state index in [1.807, 2.05) is 6.07 Å². The summed E-state index contributed by atoms with van der Waals surface area (Å²) in [6, 6.07) is 9.04. The summed E-state index contributed by atoms with van der Waals surface area (Å²) < 4.78 is 5.59. The Morgan fingerprint density at radius 2 is 2.00 bits per heavy atom. The maximum Gasteiger partial charge on any atom is 0.142 e. The Labute approximate surface area is 129 Å². The molecule has 3 nitrogen and oxygen atoms in total. The van der Waals surface area contributed by atoms with Crippen LogP contribution in [0.4, 0.5) is 5.69 Å². The van der Waals surface area contributed by atoms with E-state index in [1.165, 1.54) is 37.8 Å². The molecule has 2 N–H and O–H groups in total. The zero-order chi connectivity index (χ0) is 15.1. The van der Waals surface area contributed by atoms with Gasteiger partial charge in [0.1, 0.15) is 5.75 Å². The Morgan fingerprint density at radius 1 is 1.24 bits per heavy atom. The van der Waals surface area contributed by atoms with Gasteiger partial charge in [0.15, 0.2) is 0 Å². The van der Waals surface area contributed by atoms with Gasteiger partial charge >= 0.3 is 0 Å². The van der Waals surface area contributed by atoms with Crippen LogP contribution in [0.25, 0.3) is 0 Å². The molecule has 3 heteroatoms. The number of methoxy groups -OCH3 is 1. The highest BCUT2D eigenvalue weighted by molar-refractivity contribution is 5.59. The maximum absolute atomic E-state index is 5.76. The van der Waals surface area contributed by atoms with E-state index in [9.17, 15) is 0 Å². The molecule has 0 bridgehead atoms. The predicted molar refractivity (Wildman–Crippen MR) is 90.0 cm³/mol. The van der Waals surface area contributed by atoms with E-state index in [0.29, 0.717) is 6.04 Å². The molecule has 0 heterocycles. The highest BCUT2D eigenvalue weighted by atomic mass is 16.5. The molecule has 0 saturated heterocycles. The molecule has 0 aromatic heterocycles. The van der Waals surface area contributed by atoms with Crippen molar-refractivity contribution in [3.63, 3.8) is 0 Å². The van der Waals surface area contributed by atoms with Crippen molar-refractivity contribution in [3.05, 3.63) is 24.3 Å². The fourth-order valence-corrected chi connectivity index (χ4v) is 3.67.